The number of ether oxygens (including phenoxy) is 2. The molecule has 0 aliphatic heterocycles. The average molecular weight is 487 g/mol. The Kier molecular flexibility index (Phi) is 7.45. The number of nitrogens with one attached hydrogen (secondary N) is 1. The minimum atomic E-state index is -3.84. The van der Waals surface area contributed by atoms with Gasteiger partial charge in [0.05, 0.1) is 25.0 Å². The zero-order chi connectivity index (χ0) is 24.9. The monoisotopic (exact) mass is 487 g/mol. The van der Waals surface area contributed by atoms with Crippen LogP contribution in [-0.4, -0.2) is 21.4 Å². The van der Waals surface area contributed by atoms with E-state index in [-0.39, 0.29) is 34.1 Å². The van der Waals surface area contributed by atoms with E-state index in [4.69, 9.17) is 21.2 Å². The van der Waals surface area contributed by atoms with E-state index >= 15 is 0 Å². The van der Waals surface area contributed by atoms with Crippen LogP contribution >= 0.6 is 0 Å². The fourth-order valence-corrected chi connectivity index (χ4v) is 3.53. The number of carbonyl (C=O) groups excluding carboxylic acids is 1. The lowest BCUT2D eigenvalue weighted by molar-refractivity contribution is -0.115. The van der Waals surface area contributed by atoms with Crippen molar-refractivity contribution in [3.63, 3.8) is 0 Å². The third-order valence-electron chi connectivity index (χ3n) is 4.58. The maximum Gasteiger partial charge on any atom is 0.262 e. The van der Waals surface area contributed by atoms with Gasteiger partial charge < -0.3 is 14.8 Å². The first-order valence-electron chi connectivity index (χ1n) is 9.67. The zero-order valence-corrected chi connectivity index (χ0v) is 18.6. The van der Waals surface area contributed by atoms with Gasteiger partial charge in [0.15, 0.2) is 17.2 Å². The normalized spacial score (nSPS) is 11.1. The Morgan fingerprint density at radius 2 is 1.79 bits per heavy atom. The molecule has 0 saturated heterocycles. The highest BCUT2D eigenvalue weighted by Crippen LogP contribution is 2.36. The molecule has 34 heavy (non-hydrogen) atoms. The van der Waals surface area contributed by atoms with Gasteiger partial charge in [-0.15, -0.1) is 0 Å². The molecule has 0 heterocycles. The molecular weight excluding hydrogens is 468 g/mol. The lowest BCUT2D eigenvalue weighted by atomic mass is 10.1. The first-order chi connectivity index (χ1) is 16.1. The van der Waals surface area contributed by atoms with Crippen LogP contribution in [0.3, 0.4) is 0 Å². The average Bonchev–Trinajstić information content (AvgIpc) is 2.78. The SMILES string of the molecule is [C-]#[N+]c1cc(Oc2cc(CC(=O)Nc3ccc(S(N)(=O)=O)cc3)ccc2OC)cc(C(F)F)c1. The summed E-state index contributed by atoms with van der Waals surface area (Å²) in [6.45, 7) is 7.10. The molecule has 0 fully saturated rings. The van der Waals surface area contributed by atoms with Gasteiger partial charge >= 0.3 is 0 Å². The van der Waals surface area contributed by atoms with Crippen molar-refractivity contribution >= 4 is 27.3 Å². The Labute approximate surface area is 194 Å². The van der Waals surface area contributed by atoms with Crippen molar-refractivity contribution in [3.8, 4) is 17.2 Å². The Balaban J connectivity index is 1.78. The second-order valence-electron chi connectivity index (χ2n) is 7.05. The van der Waals surface area contributed by atoms with Crippen molar-refractivity contribution in [2.75, 3.05) is 12.4 Å². The van der Waals surface area contributed by atoms with Crippen molar-refractivity contribution in [2.45, 2.75) is 17.7 Å². The molecule has 3 aromatic carbocycles. The number of halogens is 2. The quantitative estimate of drug-likeness (QED) is 0.443. The Morgan fingerprint density at radius 1 is 1.09 bits per heavy atom. The van der Waals surface area contributed by atoms with Crippen LogP contribution in [0.2, 0.25) is 0 Å². The second kappa shape index (κ2) is 10.3. The Morgan fingerprint density at radius 3 is 2.38 bits per heavy atom. The number of methoxy groups -OCH3 is 1. The van der Waals surface area contributed by atoms with E-state index in [0.717, 1.165) is 12.1 Å². The van der Waals surface area contributed by atoms with E-state index in [9.17, 15) is 22.0 Å². The maximum atomic E-state index is 13.2. The third-order valence-corrected chi connectivity index (χ3v) is 5.51. The summed E-state index contributed by atoms with van der Waals surface area (Å²) in [4.78, 5) is 15.6. The van der Waals surface area contributed by atoms with Crippen molar-refractivity contribution in [1.82, 2.24) is 0 Å². The van der Waals surface area contributed by atoms with E-state index in [0.29, 0.717) is 17.0 Å². The fourth-order valence-electron chi connectivity index (χ4n) is 3.01. The second-order valence-corrected chi connectivity index (χ2v) is 8.62. The van der Waals surface area contributed by atoms with Crippen molar-refractivity contribution in [2.24, 2.45) is 5.14 Å². The lowest BCUT2D eigenvalue weighted by Gasteiger charge is -2.13. The number of benzene rings is 3. The molecule has 3 N–H and O–H groups in total. The van der Waals surface area contributed by atoms with Crippen molar-refractivity contribution in [1.29, 1.82) is 0 Å². The van der Waals surface area contributed by atoms with Gasteiger partial charge in [0.25, 0.3) is 6.43 Å². The number of alkyl halides is 2. The van der Waals surface area contributed by atoms with Crippen LogP contribution in [0, 0.1) is 6.57 Å². The Bertz CT molecular complexity index is 1350. The fraction of sp³-hybridized carbons (Fsp3) is 0.130. The van der Waals surface area contributed by atoms with Gasteiger partial charge in [-0.25, -0.2) is 27.2 Å². The van der Waals surface area contributed by atoms with E-state index in [1.54, 1.807) is 12.1 Å². The van der Waals surface area contributed by atoms with Gasteiger partial charge in [0.2, 0.25) is 15.9 Å². The van der Waals surface area contributed by atoms with E-state index in [1.165, 1.54) is 43.5 Å². The highest BCUT2D eigenvalue weighted by atomic mass is 32.2. The number of amides is 1. The molecular formula is C23H19F2N3O5S. The molecule has 1 amide bonds. The number of hydrogen-bond donors (Lipinski definition) is 2. The van der Waals surface area contributed by atoms with Crippen LogP contribution < -0.4 is 19.9 Å². The first-order valence-corrected chi connectivity index (χ1v) is 11.2. The van der Waals surface area contributed by atoms with Crippen LogP contribution in [0.1, 0.15) is 17.6 Å². The van der Waals surface area contributed by atoms with Crippen LogP contribution in [0.25, 0.3) is 4.85 Å². The predicted octanol–water partition coefficient (Wildman–Crippen LogP) is 4.80. The van der Waals surface area contributed by atoms with E-state index in [1.807, 2.05) is 0 Å². The number of hydrogen-bond acceptors (Lipinski definition) is 5. The van der Waals surface area contributed by atoms with Gasteiger partial charge in [-0.3, -0.25) is 4.79 Å². The number of nitrogens with zero attached hydrogens (tertiary/aromatic N) is 1. The number of sulfonamides is 1. The Hall–Kier alpha value is -4.01. The molecule has 0 unspecified atom stereocenters. The smallest absolute Gasteiger partial charge is 0.262 e. The highest BCUT2D eigenvalue weighted by molar-refractivity contribution is 7.89. The molecule has 11 heteroatoms. The standard InChI is InChI=1S/C23H19F2N3O5S/c1-27-17-11-15(23(24)25)12-18(13-17)33-21-9-14(3-8-20(21)32-2)10-22(29)28-16-4-6-19(7-5-16)34(26,30)31/h3-9,11-13,23H,10H2,2H3,(H,28,29)(H2,26,30,31). The van der Waals surface area contributed by atoms with E-state index in [2.05, 4.69) is 10.2 Å². The van der Waals surface area contributed by atoms with Gasteiger partial charge in [-0.1, -0.05) is 6.07 Å². The molecule has 0 atom stereocenters. The molecule has 3 aromatic rings. The van der Waals surface area contributed by atoms with Gasteiger partial charge in [-0.2, -0.15) is 0 Å². The predicted molar refractivity (Wildman–Crippen MR) is 121 cm³/mol. The van der Waals surface area contributed by atoms with Crippen LogP contribution in [0.4, 0.5) is 20.2 Å². The number of carbonyl (C=O) groups is 1. The molecule has 0 spiro atoms. The van der Waals surface area contributed by atoms with Gasteiger partial charge in [0.1, 0.15) is 5.75 Å². The van der Waals surface area contributed by atoms with E-state index < -0.39 is 22.4 Å². The van der Waals surface area contributed by atoms with Crippen LogP contribution in [-0.2, 0) is 21.2 Å². The summed E-state index contributed by atoms with van der Waals surface area (Å²) in [6, 6.07) is 13.6. The van der Waals surface area contributed by atoms with Crippen molar-refractivity contribution in [3.05, 3.63) is 83.2 Å². The lowest BCUT2D eigenvalue weighted by Crippen LogP contribution is -2.15. The molecule has 0 saturated carbocycles. The molecule has 0 aromatic heterocycles. The summed E-state index contributed by atoms with van der Waals surface area (Å²) >= 11 is 0. The maximum absolute atomic E-state index is 13.2. The molecule has 176 valence electrons. The highest BCUT2D eigenvalue weighted by Gasteiger charge is 2.15. The largest absolute Gasteiger partial charge is 0.493 e. The molecule has 0 radical (unpaired) electrons. The molecule has 8 nitrogen and oxygen atoms in total. The molecule has 0 aliphatic rings. The minimum absolute atomic E-state index is 0.00393. The summed E-state index contributed by atoms with van der Waals surface area (Å²) in [7, 11) is -2.44. The number of nitrogens with two attached hydrogens (primary N) is 1. The third kappa shape index (κ3) is 6.28. The van der Waals surface area contributed by atoms with Crippen molar-refractivity contribution < 1.29 is 31.5 Å². The van der Waals surface area contributed by atoms with Crippen LogP contribution in [0.5, 0.6) is 17.2 Å². The van der Waals surface area contributed by atoms with Gasteiger partial charge in [0, 0.05) is 11.3 Å². The summed E-state index contributed by atoms with van der Waals surface area (Å²) < 4.78 is 59.9. The summed E-state index contributed by atoms with van der Waals surface area (Å²) in [6.07, 6.45) is -2.85. The van der Waals surface area contributed by atoms with Crippen LogP contribution in [0.15, 0.2) is 65.6 Å². The zero-order valence-electron chi connectivity index (χ0n) is 17.8. The summed E-state index contributed by atoms with van der Waals surface area (Å²) in [5, 5.41) is 7.69. The summed E-state index contributed by atoms with van der Waals surface area (Å²) in [5.74, 6) is 0.107. The summed E-state index contributed by atoms with van der Waals surface area (Å²) in [5.41, 5.74) is 0.546. The number of anilines is 1. The first kappa shape index (κ1) is 24.6. The number of primary sulfonamides is 1. The van der Waals surface area contributed by atoms with Gasteiger partial charge in [-0.05, 0) is 60.2 Å². The number of rotatable bonds is 8. The molecule has 0 aliphatic carbocycles. The minimum Gasteiger partial charge on any atom is -0.493 e. The molecule has 3 rings (SSSR count). The molecule has 0 bridgehead atoms. The topological polar surface area (TPSA) is 112 Å².